The average Bonchev–Trinajstić information content (AvgIpc) is 3.21. The second-order valence-electron chi connectivity index (χ2n) is 6.62. The van der Waals surface area contributed by atoms with Gasteiger partial charge < -0.3 is 4.74 Å². The number of hydrogen-bond acceptors (Lipinski definition) is 5. The van der Waals surface area contributed by atoms with Crippen LogP contribution in [0.3, 0.4) is 0 Å². The molecular weight excluding hydrogens is 341 g/mol. The molecule has 1 aromatic heterocycles. The van der Waals surface area contributed by atoms with Crippen molar-refractivity contribution in [1.82, 2.24) is 14.8 Å². The molecule has 0 spiro atoms. The van der Waals surface area contributed by atoms with Gasteiger partial charge in [0.05, 0.1) is 18.1 Å². The molecule has 1 aliphatic carbocycles. The van der Waals surface area contributed by atoms with Crippen molar-refractivity contribution in [3.63, 3.8) is 0 Å². The standard InChI is InChI=1S/C18H20FN3O2S/c1-2-24-16(23)18(8-9-18)11-25-17-20-15-13(19)10-14(22(15)21-17)12-6-4-3-5-7-12/h3-7,13-14H,2,8-11H2,1H3. The van der Waals surface area contributed by atoms with Crippen LogP contribution in [-0.2, 0) is 9.53 Å². The number of alkyl halides is 1. The highest BCUT2D eigenvalue weighted by Gasteiger charge is 2.51. The van der Waals surface area contributed by atoms with Crippen LogP contribution in [0.4, 0.5) is 4.39 Å². The number of thioether (sulfide) groups is 1. The molecule has 2 heterocycles. The average molecular weight is 361 g/mol. The highest BCUT2D eigenvalue weighted by Crippen LogP contribution is 2.50. The van der Waals surface area contributed by atoms with Gasteiger partial charge in [0, 0.05) is 12.2 Å². The summed E-state index contributed by atoms with van der Waals surface area (Å²) in [6.45, 7) is 2.21. The molecule has 0 bridgehead atoms. The van der Waals surface area contributed by atoms with Crippen molar-refractivity contribution in [2.24, 2.45) is 5.41 Å². The third-order valence-corrected chi connectivity index (χ3v) is 6.00. The van der Waals surface area contributed by atoms with Crippen molar-refractivity contribution in [2.45, 2.75) is 43.6 Å². The molecule has 1 aromatic carbocycles. The van der Waals surface area contributed by atoms with Gasteiger partial charge in [0.25, 0.3) is 0 Å². The summed E-state index contributed by atoms with van der Waals surface area (Å²) in [5.41, 5.74) is 0.639. The van der Waals surface area contributed by atoms with E-state index in [0.717, 1.165) is 18.4 Å². The third kappa shape index (κ3) is 3.05. The van der Waals surface area contributed by atoms with E-state index >= 15 is 0 Å². The Hall–Kier alpha value is -1.89. The van der Waals surface area contributed by atoms with Gasteiger partial charge in [-0.3, -0.25) is 4.79 Å². The molecule has 0 radical (unpaired) electrons. The number of nitrogens with zero attached hydrogens (tertiary/aromatic N) is 3. The van der Waals surface area contributed by atoms with Gasteiger partial charge in [0.2, 0.25) is 5.16 Å². The Morgan fingerprint density at radius 2 is 2.16 bits per heavy atom. The minimum absolute atomic E-state index is 0.118. The molecule has 0 amide bonds. The number of carbonyl (C=O) groups is 1. The van der Waals surface area contributed by atoms with Crippen molar-refractivity contribution in [1.29, 1.82) is 0 Å². The van der Waals surface area contributed by atoms with E-state index < -0.39 is 11.6 Å². The zero-order valence-electron chi connectivity index (χ0n) is 14.0. The van der Waals surface area contributed by atoms with E-state index in [4.69, 9.17) is 4.74 Å². The predicted octanol–water partition coefficient (Wildman–Crippen LogP) is 3.72. The van der Waals surface area contributed by atoms with E-state index in [1.807, 2.05) is 37.3 Å². The largest absolute Gasteiger partial charge is 0.466 e. The van der Waals surface area contributed by atoms with Crippen LogP contribution in [0.1, 0.15) is 49.8 Å². The summed E-state index contributed by atoms with van der Waals surface area (Å²) in [5.74, 6) is 0.833. The van der Waals surface area contributed by atoms with Gasteiger partial charge in [-0.2, -0.15) is 0 Å². The molecule has 5 nitrogen and oxygen atoms in total. The number of aromatic nitrogens is 3. The first-order valence-corrected chi connectivity index (χ1v) is 9.57. The topological polar surface area (TPSA) is 57.0 Å². The zero-order valence-corrected chi connectivity index (χ0v) is 14.8. The molecule has 2 unspecified atom stereocenters. The first kappa shape index (κ1) is 16.6. The van der Waals surface area contributed by atoms with Gasteiger partial charge >= 0.3 is 5.97 Å². The summed E-state index contributed by atoms with van der Waals surface area (Å²) in [7, 11) is 0. The maximum atomic E-state index is 14.4. The highest BCUT2D eigenvalue weighted by molar-refractivity contribution is 7.99. The number of fused-ring (bicyclic) bond motifs is 1. The van der Waals surface area contributed by atoms with Gasteiger partial charge in [-0.1, -0.05) is 42.1 Å². The summed E-state index contributed by atoms with van der Waals surface area (Å²) in [5, 5.41) is 5.05. The first-order chi connectivity index (χ1) is 12.1. The quantitative estimate of drug-likeness (QED) is 0.580. The van der Waals surface area contributed by atoms with Gasteiger partial charge in [-0.25, -0.2) is 14.1 Å². The number of carbonyl (C=O) groups excluding carboxylic acids is 1. The maximum Gasteiger partial charge on any atom is 0.312 e. The zero-order chi connectivity index (χ0) is 17.4. The molecule has 25 heavy (non-hydrogen) atoms. The Kier molecular flexibility index (Phi) is 4.27. The summed E-state index contributed by atoms with van der Waals surface area (Å²) in [6, 6.07) is 9.70. The monoisotopic (exact) mass is 361 g/mol. The van der Waals surface area contributed by atoms with E-state index in [1.54, 1.807) is 4.68 Å². The third-order valence-electron chi connectivity index (χ3n) is 4.87. The fraction of sp³-hybridized carbons (Fsp3) is 0.500. The Labute approximate surface area is 150 Å². The molecule has 1 saturated carbocycles. The normalized spacial score (nSPS) is 23.3. The van der Waals surface area contributed by atoms with Crippen LogP contribution < -0.4 is 0 Å². The Morgan fingerprint density at radius 3 is 2.84 bits per heavy atom. The smallest absolute Gasteiger partial charge is 0.312 e. The fourth-order valence-electron chi connectivity index (χ4n) is 3.22. The van der Waals surface area contributed by atoms with E-state index in [2.05, 4.69) is 10.1 Å². The lowest BCUT2D eigenvalue weighted by Gasteiger charge is -2.12. The highest BCUT2D eigenvalue weighted by atomic mass is 32.2. The molecule has 2 aliphatic rings. The molecule has 0 N–H and O–H groups in total. The summed E-state index contributed by atoms with van der Waals surface area (Å²) < 4.78 is 21.2. The fourth-order valence-corrected chi connectivity index (χ4v) is 4.33. The lowest BCUT2D eigenvalue weighted by Crippen LogP contribution is -2.21. The van der Waals surface area contributed by atoms with Crippen molar-refractivity contribution in [2.75, 3.05) is 12.4 Å². The summed E-state index contributed by atoms with van der Waals surface area (Å²) in [4.78, 5) is 16.4. The lowest BCUT2D eigenvalue weighted by atomic mass is 10.0. The van der Waals surface area contributed by atoms with E-state index in [-0.39, 0.29) is 12.0 Å². The Morgan fingerprint density at radius 1 is 1.40 bits per heavy atom. The van der Waals surface area contributed by atoms with E-state index in [9.17, 15) is 9.18 Å². The SMILES string of the molecule is CCOC(=O)C1(CSc2nc3n(n2)C(c2ccccc2)CC3F)CC1. The molecule has 0 saturated heterocycles. The minimum atomic E-state index is -1.10. The van der Waals surface area contributed by atoms with Crippen molar-refractivity contribution in [3.8, 4) is 0 Å². The van der Waals surface area contributed by atoms with E-state index in [1.165, 1.54) is 11.8 Å². The predicted molar refractivity (Wildman–Crippen MR) is 92.1 cm³/mol. The molecule has 2 aromatic rings. The van der Waals surface area contributed by atoms with E-state index in [0.29, 0.717) is 29.8 Å². The molecule has 7 heteroatoms. The molecule has 1 aliphatic heterocycles. The lowest BCUT2D eigenvalue weighted by molar-refractivity contribution is -0.148. The number of benzene rings is 1. The number of esters is 1. The molecular formula is C18H20FN3O2S. The number of hydrogen-bond donors (Lipinski definition) is 0. The maximum absolute atomic E-state index is 14.4. The minimum Gasteiger partial charge on any atom is -0.466 e. The van der Waals surface area contributed by atoms with Gasteiger partial charge in [-0.15, -0.1) is 5.10 Å². The van der Waals surface area contributed by atoms with Gasteiger partial charge in [0.15, 0.2) is 12.0 Å². The van der Waals surface area contributed by atoms with Crippen LogP contribution in [0, 0.1) is 5.41 Å². The van der Waals surface area contributed by atoms with Crippen LogP contribution in [-0.4, -0.2) is 33.1 Å². The van der Waals surface area contributed by atoms with Crippen LogP contribution in [0.25, 0.3) is 0 Å². The van der Waals surface area contributed by atoms with Crippen molar-refractivity contribution >= 4 is 17.7 Å². The van der Waals surface area contributed by atoms with Crippen LogP contribution in [0.2, 0.25) is 0 Å². The molecule has 132 valence electrons. The van der Waals surface area contributed by atoms with Crippen LogP contribution >= 0.6 is 11.8 Å². The van der Waals surface area contributed by atoms with Crippen LogP contribution in [0.15, 0.2) is 35.5 Å². The van der Waals surface area contributed by atoms with Crippen molar-refractivity contribution in [3.05, 3.63) is 41.7 Å². The van der Waals surface area contributed by atoms with Gasteiger partial charge in [0.1, 0.15) is 0 Å². The second kappa shape index (κ2) is 6.44. The summed E-state index contributed by atoms with van der Waals surface area (Å²) in [6.07, 6.45) is 0.944. The number of ether oxygens (including phenoxy) is 1. The second-order valence-corrected chi connectivity index (χ2v) is 7.56. The van der Waals surface area contributed by atoms with Gasteiger partial charge in [-0.05, 0) is 25.3 Å². The molecule has 4 rings (SSSR count). The Balaban J connectivity index is 1.49. The van der Waals surface area contributed by atoms with Crippen molar-refractivity contribution < 1.29 is 13.9 Å². The number of halogens is 1. The van der Waals surface area contributed by atoms with Crippen LogP contribution in [0.5, 0.6) is 0 Å². The molecule has 1 fully saturated rings. The number of rotatable bonds is 6. The first-order valence-electron chi connectivity index (χ1n) is 8.58. The summed E-state index contributed by atoms with van der Waals surface area (Å²) >= 11 is 1.42. The Bertz CT molecular complexity index is 776. The molecule has 2 atom stereocenters.